The minimum absolute atomic E-state index is 0.277. The van der Waals surface area contributed by atoms with E-state index in [0.29, 0.717) is 25.9 Å². The zero-order valence-corrected chi connectivity index (χ0v) is 18.8. The van der Waals surface area contributed by atoms with Gasteiger partial charge in [-0.3, -0.25) is 0 Å². The number of anilines is 1. The van der Waals surface area contributed by atoms with Crippen molar-refractivity contribution in [3.05, 3.63) is 59.5 Å². The van der Waals surface area contributed by atoms with Gasteiger partial charge in [-0.2, -0.15) is 13.2 Å². The smallest absolute Gasteiger partial charge is 0.416 e. The van der Waals surface area contributed by atoms with Crippen molar-refractivity contribution >= 4 is 26.3 Å². The van der Waals surface area contributed by atoms with Crippen LogP contribution in [0.4, 0.5) is 18.3 Å². The Morgan fingerprint density at radius 1 is 1.09 bits per heavy atom. The highest BCUT2D eigenvalue weighted by atomic mass is 32.2. The van der Waals surface area contributed by atoms with E-state index in [4.69, 9.17) is 4.74 Å². The van der Waals surface area contributed by atoms with E-state index < -0.39 is 26.8 Å². The summed E-state index contributed by atoms with van der Waals surface area (Å²) in [6.07, 6.45) is -3.93. The molecule has 4 rings (SSSR count). The zero-order valence-electron chi connectivity index (χ0n) is 17.2. The first-order valence-corrected chi connectivity index (χ1v) is 12.4. The minimum atomic E-state index is -4.58. The van der Waals surface area contributed by atoms with Gasteiger partial charge >= 0.3 is 6.18 Å². The lowest BCUT2D eigenvalue weighted by Gasteiger charge is -2.31. The van der Waals surface area contributed by atoms with Crippen LogP contribution in [-0.4, -0.2) is 38.9 Å². The normalized spacial score (nSPS) is 15.7. The lowest BCUT2D eigenvalue weighted by molar-refractivity contribution is -0.137. The van der Waals surface area contributed by atoms with Crippen LogP contribution >= 0.6 is 11.3 Å². The number of ether oxygens (including phenoxy) is 1. The van der Waals surface area contributed by atoms with Crippen molar-refractivity contribution < 1.29 is 26.3 Å². The van der Waals surface area contributed by atoms with Crippen molar-refractivity contribution in [2.24, 2.45) is 0 Å². The Kier molecular flexibility index (Phi) is 6.17. The fraction of sp³-hybridized carbons (Fsp3) is 0.318. The molecule has 1 aliphatic rings. The molecule has 0 radical (unpaired) electrons. The quantitative estimate of drug-likeness (QED) is 0.495. The Bertz CT molecular complexity index is 1200. The Hall–Kier alpha value is -2.59. The van der Waals surface area contributed by atoms with Gasteiger partial charge in [-0.15, -0.1) is 11.3 Å². The molecule has 1 fully saturated rings. The third-order valence-corrected chi connectivity index (χ3v) is 8.66. The summed E-state index contributed by atoms with van der Waals surface area (Å²) in [7, 11) is -2.25. The van der Waals surface area contributed by atoms with Crippen LogP contribution in [0.3, 0.4) is 0 Å². The number of thiazole rings is 1. The van der Waals surface area contributed by atoms with E-state index >= 15 is 0 Å². The van der Waals surface area contributed by atoms with Gasteiger partial charge in [0.15, 0.2) is 15.0 Å². The number of aromatic nitrogens is 1. The molecule has 10 heteroatoms. The molecule has 170 valence electrons. The van der Waals surface area contributed by atoms with E-state index in [2.05, 4.69) is 4.98 Å². The molecule has 2 heterocycles. The lowest BCUT2D eigenvalue weighted by atomic mass is 10.1. The number of halogens is 3. The van der Waals surface area contributed by atoms with E-state index in [1.165, 1.54) is 17.4 Å². The van der Waals surface area contributed by atoms with Crippen molar-refractivity contribution in [2.75, 3.05) is 25.1 Å². The SMILES string of the molecule is COc1cccc(-c2csc(N3CCC(S(=O)(=O)c4cccc(C(F)(F)F)c4)CC3)n2)c1. The topological polar surface area (TPSA) is 59.5 Å². The molecule has 0 unspecified atom stereocenters. The molecule has 1 saturated heterocycles. The molecule has 1 aliphatic heterocycles. The molecule has 0 saturated carbocycles. The monoisotopic (exact) mass is 482 g/mol. The Labute approximate surface area is 188 Å². The summed E-state index contributed by atoms with van der Waals surface area (Å²) in [5.41, 5.74) is 0.778. The molecule has 1 aromatic heterocycles. The second kappa shape index (κ2) is 8.74. The minimum Gasteiger partial charge on any atom is -0.497 e. The molecule has 0 aliphatic carbocycles. The van der Waals surface area contributed by atoms with Gasteiger partial charge in [-0.1, -0.05) is 18.2 Å². The van der Waals surface area contributed by atoms with Crippen LogP contribution in [0.5, 0.6) is 5.75 Å². The standard InChI is InChI=1S/C22H21F3N2O3S2/c1-30-17-6-2-4-15(12-17)20-14-31-21(26-20)27-10-8-18(9-11-27)32(28,29)19-7-3-5-16(13-19)22(23,24)25/h2-7,12-14,18H,8-11H2,1H3. The van der Waals surface area contributed by atoms with Crippen LogP contribution in [0.2, 0.25) is 0 Å². The van der Waals surface area contributed by atoms with Crippen LogP contribution in [-0.2, 0) is 16.0 Å². The molecule has 5 nitrogen and oxygen atoms in total. The molecular formula is C22H21F3N2O3S2. The van der Waals surface area contributed by atoms with E-state index in [1.54, 1.807) is 7.11 Å². The van der Waals surface area contributed by atoms with Gasteiger partial charge in [0.2, 0.25) is 0 Å². The van der Waals surface area contributed by atoms with Crippen LogP contribution in [0, 0.1) is 0 Å². The lowest BCUT2D eigenvalue weighted by Crippen LogP contribution is -2.39. The highest BCUT2D eigenvalue weighted by Gasteiger charge is 2.35. The van der Waals surface area contributed by atoms with Gasteiger partial charge in [0.05, 0.1) is 28.5 Å². The number of benzene rings is 2. The number of rotatable bonds is 5. The van der Waals surface area contributed by atoms with Crippen LogP contribution in [0.25, 0.3) is 11.3 Å². The number of methoxy groups -OCH3 is 1. The average Bonchev–Trinajstić information content (AvgIpc) is 3.29. The van der Waals surface area contributed by atoms with Crippen molar-refractivity contribution in [1.82, 2.24) is 4.98 Å². The fourth-order valence-electron chi connectivity index (χ4n) is 3.72. The number of piperidine rings is 1. The van der Waals surface area contributed by atoms with Gasteiger partial charge in [-0.25, -0.2) is 13.4 Å². The Balaban J connectivity index is 1.46. The molecular weight excluding hydrogens is 461 g/mol. The summed E-state index contributed by atoms with van der Waals surface area (Å²) in [5, 5.41) is 2.01. The van der Waals surface area contributed by atoms with Crippen LogP contribution in [0.15, 0.2) is 58.8 Å². The van der Waals surface area contributed by atoms with Gasteiger partial charge in [0, 0.05) is 24.0 Å². The maximum absolute atomic E-state index is 13.0. The summed E-state index contributed by atoms with van der Waals surface area (Å²) < 4.78 is 70.1. The Morgan fingerprint density at radius 3 is 2.50 bits per heavy atom. The second-order valence-electron chi connectivity index (χ2n) is 7.50. The third kappa shape index (κ3) is 4.61. The first kappa shape index (κ1) is 22.6. The summed E-state index contributed by atoms with van der Waals surface area (Å²) in [4.78, 5) is 6.42. The molecule has 3 aromatic rings. The summed E-state index contributed by atoms with van der Waals surface area (Å²) >= 11 is 1.47. The van der Waals surface area contributed by atoms with Gasteiger partial charge in [-0.05, 0) is 43.2 Å². The number of sulfone groups is 1. The van der Waals surface area contributed by atoms with Crippen molar-refractivity contribution in [2.45, 2.75) is 29.2 Å². The molecule has 0 N–H and O–H groups in total. The summed E-state index contributed by atoms with van der Waals surface area (Å²) in [5.74, 6) is 0.734. The first-order valence-electron chi connectivity index (χ1n) is 9.94. The highest BCUT2D eigenvalue weighted by Crippen LogP contribution is 2.34. The predicted molar refractivity (Wildman–Crippen MR) is 118 cm³/mol. The van der Waals surface area contributed by atoms with E-state index in [-0.39, 0.29) is 4.90 Å². The highest BCUT2D eigenvalue weighted by molar-refractivity contribution is 7.92. The number of hydrogen-bond donors (Lipinski definition) is 0. The maximum atomic E-state index is 13.0. The largest absolute Gasteiger partial charge is 0.497 e. The molecule has 0 atom stereocenters. The zero-order chi connectivity index (χ0) is 22.9. The molecule has 0 amide bonds. The van der Waals surface area contributed by atoms with Crippen LogP contribution < -0.4 is 9.64 Å². The maximum Gasteiger partial charge on any atom is 0.416 e. The summed E-state index contributed by atoms with van der Waals surface area (Å²) in [6.45, 7) is 0.932. The summed E-state index contributed by atoms with van der Waals surface area (Å²) in [6, 6.07) is 11.6. The number of alkyl halides is 3. The van der Waals surface area contributed by atoms with E-state index in [9.17, 15) is 21.6 Å². The predicted octanol–water partition coefficient (Wildman–Crippen LogP) is 5.28. The van der Waals surface area contributed by atoms with E-state index in [1.807, 2.05) is 34.5 Å². The molecule has 2 aromatic carbocycles. The first-order chi connectivity index (χ1) is 15.2. The van der Waals surface area contributed by atoms with Crippen molar-refractivity contribution in [3.8, 4) is 17.0 Å². The van der Waals surface area contributed by atoms with Crippen molar-refractivity contribution in [3.63, 3.8) is 0 Å². The van der Waals surface area contributed by atoms with Gasteiger partial charge < -0.3 is 9.64 Å². The fourth-order valence-corrected chi connectivity index (χ4v) is 6.39. The van der Waals surface area contributed by atoms with Crippen LogP contribution in [0.1, 0.15) is 18.4 Å². The van der Waals surface area contributed by atoms with Crippen molar-refractivity contribution in [1.29, 1.82) is 0 Å². The molecule has 32 heavy (non-hydrogen) atoms. The molecule has 0 bridgehead atoms. The molecule has 0 spiro atoms. The third-order valence-electron chi connectivity index (χ3n) is 5.50. The van der Waals surface area contributed by atoms with Gasteiger partial charge in [0.1, 0.15) is 5.75 Å². The number of nitrogens with zero attached hydrogens (tertiary/aromatic N) is 2. The van der Waals surface area contributed by atoms with E-state index in [0.717, 1.165) is 40.3 Å². The number of hydrogen-bond acceptors (Lipinski definition) is 6. The Morgan fingerprint density at radius 2 is 1.81 bits per heavy atom. The second-order valence-corrected chi connectivity index (χ2v) is 10.6. The van der Waals surface area contributed by atoms with Gasteiger partial charge in [0.25, 0.3) is 0 Å². The average molecular weight is 483 g/mol.